The van der Waals surface area contributed by atoms with Gasteiger partial charge in [0.15, 0.2) is 15.7 Å². The molecule has 0 unspecified atom stereocenters. The molecule has 1 aliphatic heterocycles. The Morgan fingerprint density at radius 2 is 1.82 bits per heavy atom. The molecule has 204 valence electrons. The summed E-state index contributed by atoms with van der Waals surface area (Å²) >= 11 is 6.37. The van der Waals surface area contributed by atoms with Gasteiger partial charge in [0.1, 0.15) is 10.8 Å². The van der Waals surface area contributed by atoms with Crippen molar-refractivity contribution in [3.05, 3.63) is 47.6 Å². The average Bonchev–Trinajstić information content (AvgIpc) is 2.91. The third-order valence-electron chi connectivity index (χ3n) is 6.57. The van der Waals surface area contributed by atoms with E-state index in [0.717, 1.165) is 38.4 Å². The Hall–Kier alpha value is -3.28. The smallest absolute Gasteiger partial charge is 0.229 e. The van der Waals surface area contributed by atoms with Crippen LogP contribution in [0.2, 0.25) is 5.02 Å². The minimum atomic E-state index is -3.53. The maximum atomic E-state index is 12.9. The van der Waals surface area contributed by atoms with E-state index in [0.29, 0.717) is 22.8 Å². The predicted molar refractivity (Wildman–Crippen MR) is 154 cm³/mol. The number of sulfone groups is 1. The monoisotopic (exact) mass is 559 g/mol. The first-order chi connectivity index (χ1) is 18.1. The van der Waals surface area contributed by atoms with Gasteiger partial charge in [0.25, 0.3) is 0 Å². The molecule has 10 nitrogen and oxygen atoms in total. The van der Waals surface area contributed by atoms with E-state index in [4.69, 9.17) is 22.1 Å². The molecule has 1 saturated heterocycles. The molecule has 1 aliphatic rings. The van der Waals surface area contributed by atoms with Gasteiger partial charge < -0.3 is 30.9 Å². The zero-order valence-corrected chi connectivity index (χ0v) is 23.6. The minimum absolute atomic E-state index is 0.170. The van der Waals surface area contributed by atoms with Gasteiger partial charge in [0.2, 0.25) is 5.95 Å². The summed E-state index contributed by atoms with van der Waals surface area (Å²) in [7, 11) is -1.94. The summed E-state index contributed by atoms with van der Waals surface area (Å²) in [5.41, 5.74) is 8.96. The average molecular weight is 560 g/mol. The van der Waals surface area contributed by atoms with Crippen LogP contribution in [0.3, 0.4) is 0 Å². The number of aromatic nitrogens is 2. The summed E-state index contributed by atoms with van der Waals surface area (Å²) < 4.78 is 31.4. The zero-order valence-electron chi connectivity index (χ0n) is 22.0. The fraction of sp³-hybridized carbons (Fsp3) is 0.385. The number of methoxy groups -OCH3 is 1. The van der Waals surface area contributed by atoms with E-state index in [-0.39, 0.29) is 21.7 Å². The maximum absolute atomic E-state index is 12.9. The van der Waals surface area contributed by atoms with Crippen molar-refractivity contribution in [3.8, 4) is 5.75 Å². The molecular weight excluding hydrogens is 526 g/mol. The number of halogens is 1. The Kier molecular flexibility index (Phi) is 8.49. The van der Waals surface area contributed by atoms with Gasteiger partial charge >= 0.3 is 0 Å². The molecule has 3 aromatic rings. The Morgan fingerprint density at radius 1 is 1.11 bits per heavy atom. The molecule has 12 heteroatoms. The van der Waals surface area contributed by atoms with Crippen LogP contribution in [-0.4, -0.2) is 68.4 Å². The van der Waals surface area contributed by atoms with Gasteiger partial charge in [-0.3, -0.25) is 0 Å². The van der Waals surface area contributed by atoms with Crippen molar-refractivity contribution < 1.29 is 13.2 Å². The van der Waals surface area contributed by atoms with Crippen LogP contribution in [0, 0.1) is 0 Å². The summed E-state index contributed by atoms with van der Waals surface area (Å²) in [5.74, 6) is 1.09. The van der Waals surface area contributed by atoms with Gasteiger partial charge in [-0.25, -0.2) is 13.4 Å². The molecule has 0 aliphatic carbocycles. The molecule has 4 rings (SSSR count). The molecule has 2 heterocycles. The van der Waals surface area contributed by atoms with Crippen molar-refractivity contribution in [1.29, 1.82) is 0 Å². The molecule has 2 aromatic carbocycles. The first-order valence-corrected chi connectivity index (χ1v) is 14.4. The Balaban J connectivity index is 1.60. The van der Waals surface area contributed by atoms with Gasteiger partial charge in [0, 0.05) is 32.2 Å². The van der Waals surface area contributed by atoms with E-state index in [9.17, 15) is 8.42 Å². The van der Waals surface area contributed by atoms with E-state index in [1.807, 2.05) is 6.07 Å². The number of piperazine rings is 1. The van der Waals surface area contributed by atoms with Crippen LogP contribution in [0.15, 0.2) is 47.5 Å². The van der Waals surface area contributed by atoms with E-state index >= 15 is 0 Å². The van der Waals surface area contributed by atoms with E-state index in [1.54, 1.807) is 51.3 Å². The quantitative estimate of drug-likeness (QED) is 0.322. The molecule has 0 radical (unpaired) electrons. The lowest BCUT2D eigenvalue weighted by molar-refractivity contribution is 0.271. The first kappa shape index (κ1) is 27.7. The highest BCUT2D eigenvalue weighted by molar-refractivity contribution is 7.92. The number of nitrogens with one attached hydrogen (secondary N) is 2. The second kappa shape index (κ2) is 11.6. The van der Waals surface area contributed by atoms with Crippen molar-refractivity contribution >= 4 is 56.0 Å². The van der Waals surface area contributed by atoms with E-state index < -0.39 is 15.1 Å². The fourth-order valence-corrected chi connectivity index (χ4v) is 5.61. The number of nitrogens with two attached hydrogens (primary N) is 1. The van der Waals surface area contributed by atoms with Crippen LogP contribution < -0.4 is 26.0 Å². The highest BCUT2D eigenvalue weighted by Crippen LogP contribution is 2.37. The topological polar surface area (TPSA) is 126 Å². The van der Waals surface area contributed by atoms with Crippen LogP contribution in [0.4, 0.5) is 34.5 Å². The largest absolute Gasteiger partial charge is 0.494 e. The van der Waals surface area contributed by atoms with Crippen LogP contribution in [0.25, 0.3) is 0 Å². The highest BCUT2D eigenvalue weighted by atomic mass is 35.5. The fourth-order valence-electron chi connectivity index (χ4n) is 4.27. The van der Waals surface area contributed by atoms with Gasteiger partial charge in [-0.05, 0) is 38.6 Å². The van der Waals surface area contributed by atoms with Crippen LogP contribution in [0.1, 0.15) is 20.8 Å². The number of para-hydroxylation sites is 1. The van der Waals surface area contributed by atoms with Crippen molar-refractivity contribution in [1.82, 2.24) is 14.9 Å². The van der Waals surface area contributed by atoms with Crippen LogP contribution in [0.5, 0.6) is 5.75 Å². The number of hydrogen-bond donors (Lipinski definition) is 3. The predicted octanol–water partition coefficient (Wildman–Crippen LogP) is 4.53. The maximum Gasteiger partial charge on any atom is 0.229 e. The lowest BCUT2D eigenvalue weighted by Gasteiger charge is -2.36. The van der Waals surface area contributed by atoms with Crippen molar-refractivity contribution in [2.75, 3.05) is 61.1 Å². The van der Waals surface area contributed by atoms with Crippen molar-refractivity contribution in [2.45, 2.75) is 30.9 Å². The number of likely N-dealkylation sites (N-methyl/N-ethyl adjacent to an activating group) is 1. The number of hydrogen-bond acceptors (Lipinski definition) is 10. The second-order valence-electron chi connectivity index (χ2n) is 9.26. The standard InChI is InChI=1S/C26H34ClN7O3S/c1-5-33-10-12-34(13-11-33)22-15-23(37-4)21(14-19(22)28)31-26-29-16-18(27)25(32-26)30-20-8-6-7-9-24(20)38(35,36)17(2)3/h6-9,14-17H,5,10-13,28H2,1-4H3,(H2,29,30,31,32). The van der Waals surface area contributed by atoms with Gasteiger partial charge in [-0.2, -0.15) is 4.98 Å². The van der Waals surface area contributed by atoms with Gasteiger partial charge in [-0.1, -0.05) is 30.7 Å². The SMILES string of the molecule is CCN1CCN(c2cc(OC)c(Nc3ncc(Cl)c(Nc4ccccc4S(=O)(=O)C(C)C)n3)cc2N)CC1. The van der Waals surface area contributed by atoms with Gasteiger partial charge in [0.05, 0.1) is 46.2 Å². The number of ether oxygens (including phenoxy) is 1. The summed E-state index contributed by atoms with van der Waals surface area (Å²) in [5, 5.41) is 5.87. The van der Waals surface area contributed by atoms with Crippen molar-refractivity contribution in [2.24, 2.45) is 0 Å². The molecule has 4 N–H and O–H groups in total. The van der Waals surface area contributed by atoms with E-state index in [1.165, 1.54) is 6.20 Å². The molecule has 0 bridgehead atoms. The second-order valence-corrected chi connectivity index (χ2v) is 12.1. The van der Waals surface area contributed by atoms with Crippen molar-refractivity contribution in [3.63, 3.8) is 0 Å². The molecular formula is C26H34ClN7O3S. The lowest BCUT2D eigenvalue weighted by Crippen LogP contribution is -2.46. The molecule has 38 heavy (non-hydrogen) atoms. The zero-order chi connectivity index (χ0) is 27.4. The Bertz CT molecular complexity index is 1390. The molecule has 0 amide bonds. The Labute approximate surface area is 229 Å². The third kappa shape index (κ3) is 5.90. The lowest BCUT2D eigenvalue weighted by atomic mass is 10.1. The number of anilines is 6. The molecule has 0 saturated carbocycles. The Morgan fingerprint density at radius 3 is 2.47 bits per heavy atom. The normalized spacial score (nSPS) is 14.5. The minimum Gasteiger partial charge on any atom is -0.494 e. The number of nitrogens with zero attached hydrogens (tertiary/aromatic N) is 4. The molecule has 1 aromatic heterocycles. The summed E-state index contributed by atoms with van der Waals surface area (Å²) in [6.45, 7) is 10.2. The van der Waals surface area contributed by atoms with Gasteiger partial charge in [-0.15, -0.1) is 0 Å². The number of nitrogen functional groups attached to an aromatic ring is 1. The highest BCUT2D eigenvalue weighted by Gasteiger charge is 2.24. The first-order valence-electron chi connectivity index (χ1n) is 12.5. The molecule has 0 spiro atoms. The van der Waals surface area contributed by atoms with Crippen LogP contribution >= 0.6 is 11.6 Å². The number of benzene rings is 2. The summed E-state index contributed by atoms with van der Waals surface area (Å²) in [4.78, 5) is 13.6. The number of rotatable bonds is 9. The molecule has 0 atom stereocenters. The van der Waals surface area contributed by atoms with E-state index in [2.05, 4.69) is 37.3 Å². The van der Waals surface area contributed by atoms with Crippen LogP contribution in [-0.2, 0) is 9.84 Å². The summed E-state index contributed by atoms with van der Waals surface area (Å²) in [6, 6.07) is 10.4. The third-order valence-corrected chi connectivity index (χ3v) is 9.05. The summed E-state index contributed by atoms with van der Waals surface area (Å²) in [6.07, 6.45) is 1.44. The molecule has 1 fully saturated rings.